The number of nitrogens with zero attached hydrogens (tertiary/aromatic N) is 1. The fourth-order valence-electron chi connectivity index (χ4n) is 2.82. The number of carbonyl (C=O) groups excluding carboxylic acids is 2. The van der Waals surface area contributed by atoms with E-state index in [-0.39, 0.29) is 18.3 Å². The van der Waals surface area contributed by atoms with Crippen LogP contribution in [-0.2, 0) is 36.9 Å². The summed E-state index contributed by atoms with van der Waals surface area (Å²) in [7, 11) is 0. The van der Waals surface area contributed by atoms with Gasteiger partial charge in [-0.1, -0.05) is 60.7 Å². The summed E-state index contributed by atoms with van der Waals surface area (Å²) >= 11 is 0. The van der Waals surface area contributed by atoms with Crippen LogP contribution in [0.5, 0.6) is 0 Å². The van der Waals surface area contributed by atoms with Crippen molar-refractivity contribution in [3.8, 4) is 0 Å². The highest BCUT2D eigenvalue weighted by Gasteiger charge is 2.27. The van der Waals surface area contributed by atoms with Crippen molar-refractivity contribution in [1.29, 1.82) is 0 Å². The second kappa shape index (κ2) is 9.60. The largest absolute Gasteiger partial charge is 0.493 e. The van der Waals surface area contributed by atoms with Gasteiger partial charge < -0.3 is 19.1 Å². The summed E-state index contributed by atoms with van der Waals surface area (Å²) in [6, 6.07) is 19.4. The number of benzene rings is 2. The molecule has 0 radical (unpaired) electrons. The lowest BCUT2D eigenvalue weighted by Crippen LogP contribution is -2.39. The molecule has 6 heteroatoms. The minimum absolute atomic E-state index is 0.0245. The summed E-state index contributed by atoms with van der Waals surface area (Å²) in [5.74, 6) is -1.01. The van der Waals surface area contributed by atoms with Crippen LogP contribution in [0.15, 0.2) is 72.7 Å². The molecule has 1 heterocycles. The van der Waals surface area contributed by atoms with E-state index in [4.69, 9.17) is 14.2 Å². The Kier molecular flexibility index (Phi) is 6.68. The molecule has 0 saturated heterocycles. The molecular formula is C22H23NO5. The van der Waals surface area contributed by atoms with Crippen molar-refractivity contribution in [2.75, 3.05) is 13.2 Å². The van der Waals surface area contributed by atoms with E-state index in [0.29, 0.717) is 19.7 Å². The van der Waals surface area contributed by atoms with Crippen LogP contribution < -0.4 is 0 Å². The second-order valence-corrected chi connectivity index (χ2v) is 6.41. The van der Waals surface area contributed by atoms with Crippen molar-refractivity contribution >= 4 is 11.9 Å². The third kappa shape index (κ3) is 5.36. The van der Waals surface area contributed by atoms with Crippen LogP contribution in [0.3, 0.4) is 0 Å². The molecular weight excluding hydrogens is 358 g/mol. The maximum absolute atomic E-state index is 13.0. The van der Waals surface area contributed by atoms with E-state index in [1.807, 2.05) is 60.7 Å². The molecule has 2 aromatic rings. The fourth-order valence-corrected chi connectivity index (χ4v) is 2.82. The van der Waals surface area contributed by atoms with Gasteiger partial charge in [0.1, 0.15) is 19.5 Å². The van der Waals surface area contributed by atoms with Gasteiger partial charge in [-0.05, 0) is 18.1 Å². The molecule has 0 spiro atoms. The molecule has 0 N–H and O–H groups in total. The molecule has 0 saturated carbocycles. The van der Waals surface area contributed by atoms with E-state index in [2.05, 4.69) is 0 Å². The Morgan fingerprint density at radius 2 is 1.54 bits per heavy atom. The summed E-state index contributed by atoms with van der Waals surface area (Å²) < 4.78 is 15.6. The summed E-state index contributed by atoms with van der Waals surface area (Å²) in [5.41, 5.74) is 1.99. The molecule has 0 aromatic heterocycles. The first-order chi connectivity index (χ1) is 13.6. The first-order valence-corrected chi connectivity index (χ1v) is 9.15. The van der Waals surface area contributed by atoms with Gasteiger partial charge in [-0.2, -0.15) is 0 Å². The zero-order chi connectivity index (χ0) is 19.8. The van der Waals surface area contributed by atoms with E-state index >= 15 is 0 Å². The normalized spacial score (nSPS) is 14.1. The Morgan fingerprint density at radius 3 is 2.04 bits per heavy atom. The topological polar surface area (TPSA) is 65.1 Å². The van der Waals surface area contributed by atoms with E-state index < -0.39 is 12.1 Å². The van der Waals surface area contributed by atoms with Gasteiger partial charge in [-0.25, -0.2) is 4.79 Å². The van der Waals surface area contributed by atoms with Gasteiger partial charge in [0, 0.05) is 13.1 Å². The van der Waals surface area contributed by atoms with Crippen molar-refractivity contribution in [3.63, 3.8) is 0 Å². The summed E-state index contributed by atoms with van der Waals surface area (Å²) in [4.78, 5) is 26.9. The molecule has 6 nitrogen and oxygen atoms in total. The Bertz CT molecular complexity index is 778. The number of hydrogen-bond donors (Lipinski definition) is 0. The summed E-state index contributed by atoms with van der Waals surface area (Å²) in [6.07, 6.45) is 0.265. The third-order valence-electron chi connectivity index (χ3n) is 4.23. The summed E-state index contributed by atoms with van der Waals surface area (Å²) in [5, 5.41) is 0. The molecule has 0 aliphatic carbocycles. The van der Waals surface area contributed by atoms with Crippen molar-refractivity contribution in [1.82, 2.24) is 4.90 Å². The zero-order valence-electron chi connectivity index (χ0n) is 15.7. The second-order valence-electron chi connectivity index (χ2n) is 6.41. The first kappa shape index (κ1) is 19.5. The van der Waals surface area contributed by atoms with Gasteiger partial charge in [0.05, 0.1) is 0 Å². The minimum Gasteiger partial charge on any atom is -0.493 e. The third-order valence-corrected chi connectivity index (χ3v) is 4.23. The molecule has 146 valence electrons. The molecule has 3 rings (SSSR count). The highest BCUT2D eigenvalue weighted by Crippen LogP contribution is 2.14. The van der Waals surface area contributed by atoms with Crippen molar-refractivity contribution in [2.45, 2.75) is 26.1 Å². The Hall–Kier alpha value is -3.28. The van der Waals surface area contributed by atoms with Crippen molar-refractivity contribution in [2.24, 2.45) is 0 Å². The monoisotopic (exact) mass is 381 g/mol. The maximum atomic E-state index is 13.0. The molecule has 1 amide bonds. The minimum atomic E-state index is -0.952. The van der Waals surface area contributed by atoms with E-state index in [0.717, 1.165) is 11.1 Å². The average molecular weight is 381 g/mol. The van der Waals surface area contributed by atoms with Gasteiger partial charge in [-0.15, -0.1) is 0 Å². The van der Waals surface area contributed by atoms with Gasteiger partial charge in [0.2, 0.25) is 5.76 Å². The number of amides is 1. The van der Waals surface area contributed by atoms with Gasteiger partial charge in [-0.3, -0.25) is 4.79 Å². The molecule has 1 atom stereocenters. The van der Waals surface area contributed by atoms with E-state index in [1.165, 1.54) is 6.26 Å². The lowest BCUT2D eigenvalue weighted by molar-refractivity contribution is -0.160. The lowest BCUT2D eigenvalue weighted by Gasteiger charge is -2.26. The van der Waals surface area contributed by atoms with Crippen LogP contribution in [0.4, 0.5) is 0 Å². The van der Waals surface area contributed by atoms with E-state index in [1.54, 1.807) is 11.8 Å². The van der Waals surface area contributed by atoms with Crippen LogP contribution in [0.25, 0.3) is 0 Å². The standard InChI is InChI=1S/C22H23NO5/c1-17(28-22(25)20-16-26-12-13-27-20)21(24)23(14-18-8-4-2-5-9-18)15-19-10-6-3-7-11-19/h2-11,16-17H,12-15H2,1H3/t17-/m1/s1. The van der Waals surface area contributed by atoms with Gasteiger partial charge in [0.15, 0.2) is 6.10 Å². The zero-order valence-corrected chi connectivity index (χ0v) is 15.7. The maximum Gasteiger partial charge on any atom is 0.377 e. The Labute approximate surface area is 164 Å². The number of ether oxygens (including phenoxy) is 3. The number of esters is 1. The van der Waals surface area contributed by atoms with Gasteiger partial charge >= 0.3 is 5.97 Å². The van der Waals surface area contributed by atoms with Gasteiger partial charge in [0.25, 0.3) is 5.91 Å². The molecule has 28 heavy (non-hydrogen) atoms. The number of hydrogen-bond acceptors (Lipinski definition) is 5. The highest BCUT2D eigenvalue weighted by molar-refractivity contribution is 5.89. The SMILES string of the molecule is C[C@@H](OC(=O)C1=COCCO1)C(=O)N(Cc1ccccc1)Cc1ccccc1. The van der Waals surface area contributed by atoms with Crippen LogP contribution in [-0.4, -0.2) is 36.1 Å². The molecule has 1 aliphatic heterocycles. The van der Waals surface area contributed by atoms with Crippen LogP contribution >= 0.6 is 0 Å². The Morgan fingerprint density at radius 1 is 0.964 bits per heavy atom. The predicted molar refractivity (Wildman–Crippen MR) is 103 cm³/mol. The molecule has 2 aromatic carbocycles. The molecule has 0 fully saturated rings. The smallest absolute Gasteiger partial charge is 0.377 e. The molecule has 0 unspecified atom stereocenters. The number of rotatable bonds is 7. The lowest BCUT2D eigenvalue weighted by atomic mass is 10.1. The van der Waals surface area contributed by atoms with E-state index in [9.17, 15) is 9.59 Å². The highest BCUT2D eigenvalue weighted by atomic mass is 16.6. The van der Waals surface area contributed by atoms with Crippen molar-refractivity contribution < 1.29 is 23.8 Å². The quantitative estimate of drug-likeness (QED) is 0.690. The predicted octanol–water partition coefficient (Wildman–Crippen LogP) is 3.04. The first-order valence-electron chi connectivity index (χ1n) is 9.15. The Balaban J connectivity index is 1.71. The number of carbonyl (C=O) groups is 2. The fraction of sp³-hybridized carbons (Fsp3) is 0.273. The van der Waals surface area contributed by atoms with Crippen LogP contribution in [0.2, 0.25) is 0 Å². The summed E-state index contributed by atoms with van der Waals surface area (Å²) in [6.45, 7) is 3.05. The molecule has 0 bridgehead atoms. The van der Waals surface area contributed by atoms with Crippen molar-refractivity contribution in [3.05, 3.63) is 83.8 Å². The average Bonchev–Trinajstić information content (AvgIpc) is 2.75. The van der Waals surface area contributed by atoms with Crippen LogP contribution in [0, 0.1) is 0 Å². The van der Waals surface area contributed by atoms with Crippen LogP contribution in [0.1, 0.15) is 18.1 Å². The molecule has 1 aliphatic rings.